The van der Waals surface area contributed by atoms with E-state index in [1.54, 1.807) is 30.3 Å². The molecule has 0 heterocycles. The molecule has 0 radical (unpaired) electrons. The molecule has 0 spiro atoms. The van der Waals surface area contributed by atoms with Gasteiger partial charge >= 0.3 is 59.1 Å². The minimum atomic E-state index is -5.03. The second kappa shape index (κ2) is 17.5. The van der Waals surface area contributed by atoms with Gasteiger partial charge in [0.15, 0.2) is 0 Å². The van der Waals surface area contributed by atoms with Gasteiger partial charge in [0.25, 0.3) is 0 Å². The van der Waals surface area contributed by atoms with Crippen LogP contribution in [0.2, 0.25) is 0 Å². The molecule has 0 aromatic heterocycles. The van der Waals surface area contributed by atoms with Gasteiger partial charge in [-0.2, -0.15) is 0 Å². The Labute approximate surface area is 254 Å². The van der Waals surface area contributed by atoms with E-state index < -0.39 is 30.0 Å². The zero-order valence-corrected chi connectivity index (χ0v) is 26.6. The van der Waals surface area contributed by atoms with Crippen molar-refractivity contribution in [3.05, 3.63) is 48.0 Å². The Morgan fingerprint density at radius 3 is 1.51 bits per heavy atom. The van der Waals surface area contributed by atoms with Gasteiger partial charge in [0.1, 0.15) is 31.7 Å². The van der Waals surface area contributed by atoms with Crippen LogP contribution in [0.15, 0.2) is 52.3 Å². The van der Waals surface area contributed by atoms with E-state index in [4.69, 9.17) is 4.74 Å². The topological polar surface area (TPSA) is 124 Å². The van der Waals surface area contributed by atoms with Gasteiger partial charge in [0.2, 0.25) is 0 Å². The zero-order chi connectivity index (χ0) is 24.3. The minimum absolute atomic E-state index is 0. The smallest absolute Gasteiger partial charge is 0.744 e. The van der Waals surface area contributed by atoms with Crippen molar-refractivity contribution in [2.75, 3.05) is 0 Å². The molecule has 35 heavy (non-hydrogen) atoms. The fourth-order valence-corrected chi connectivity index (χ4v) is 5.37. The molecule has 184 valence electrons. The third kappa shape index (κ3) is 12.9. The Hall–Kier alpha value is 0.0600. The van der Waals surface area contributed by atoms with Crippen molar-refractivity contribution < 1.29 is 89.8 Å². The van der Waals surface area contributed by atoms with Gasteiger partial charge in [0, 0.05) is 0 Å². The Bertz CT molecular complexity index is 1040. The molecule has 0 atom stereocenters. The Balaban J connectivity index is 0.00000578. The van der Waals surface area contributed by atoms with Gasteiger partial charge < -0.3 is 13.8 Å². The summed E-state index contributed by atoms with van der Waals surface area (Å²) in [4.78, 5) is -1.44. The normalized spacial score (nSPS) is 11.4. The van der Waals surface area contributed by atoms with Crippen molar-refractivity contribution in [3.63, 3.8) is 0 Å². The second-order valence-corrected chi connectivity index (χ2v) is 10.8. The summed E-state index contributed by atoms with van der Waals surface area (Å²) < 4.78 is 77.0. The van der Waals surface area contributed by atoms with E-state index in [0.717, 1.165) is 37.8 Å². The molecule has 0 bridgehead atoms. The summed E-state index contributed by atoms with van der Waals surface area (Å²) in [7, 11) is -10.1. The maximum Gasteiger partial charge on any atom is 1.00 e. The number of unbranched alkanes of at least 4 members (excludes halogenated alkanes) is 9. The molecule has 0 fully saturated rings. The summed E-state index contributed by atoms with van der Waals surface area (Å²) in [6.45, 7) is 2.18. The van der Waals surface area contributed by atoms with Crippen molar-refractivity contribution in [3.8, 4) is 11.5 Å². The van der Waals surface area contributed by atoms with E-state index >= 15 is 0 Å². The fourth-order valence-electron chi connectivity index (χ4n) is 3.76. The van der Waals surface area contributed by atoms with E-state index in [0.29, 0.717) is 12.2 Å². The zero-order valence-electron chi connectivity index (χ0n) is 21.0. The van der Waals surface area contributed by atoms with Crippen LogP contribution in [0.4, 0.5) is 0 Å². The summed E-state index contributed by atoms with van der Waals surface area (Å²) in [6.07, 6.45) is 10.4. The third-order valence-electron chi connectivity index (χ3n) is 5.44. The van der Waals surface area contributed by atoms with E-state index in [2.05, 4.69) is 6.92 Å². The first-order chi connectivity index (χ1) is 15.6. The Morgan fingerprint density at radius 2 is 1.09 bits per heavy atom. The SMILES string of the molecule is CCCCCCCCCCCCc1c(S(=O)(=O)[O-])cc(Oc2ccccc2)cc1S(=O)(=O)[O-].[Na+].[Na+]. The molecule has 2 aromatic rings. The molecular formula is C24H32Na2O7S2. The molecule has 0 saturated heterocycles. The monoisotopic (exact) mass is 542 g/mol. The Kier molecular flexibility index (Phi) is 17.6. The van der Waals surface area contributed by atoms with Gasteiger partial charge in [0.05, 0.1) is 9.79 Å². The molecular weight excluding hydrogens is 510 g/mol. The van der Waals surface area contributed by atoms with Gasteiger partial charge in [-0.3, -0.25) is 0 Å². The summed E-state index contributed by atoms with van der Waals surface area (Å²) in [5.41, 5.74) is -0.250. The minimum Gasteiger partial charge on any atom is -0.744 e. The van der Waals surface area contributed by atoms with Crippen molar-refractivity contribution in [2.45, 2.75) is 87.3 Å². The number of hydrogen-bond acceptors (Lipinski definition) is 7. The molecule has 0 N–H and O–H groups in total. The number of ether oxygens (including phenoxy) is 1. The first kappa shape index (κ1) is 35.1. The van der Waals surface area contributed by atoms with Gasteiger partial charge in [-0.15, -0.1) is 0 Å². The summed E-state index contributed by atoms with van der Waals surface area (Å²) in [5.74, 6) is 0.111. The van der Waals surface area contributed by atoms with Crippen LogP contribution in [0.25, 0.3) is 0 Å². The van der Waals surface area contributed by atoms with E-state index in [1.807, 2.05) is 0 Å². The van der Waals surface area contributed by atoms with E-state index in [-0.39, 0.29) is 76.8 Å². The Morgan fingerprint density at radius 1 is 0.657 bits per heavy atom. The predicted molar refractivity (Wildman–Crippen MR) is 124 cm³/mol. The van der Waals surface area contributed by atoms with Crippen LogP contribution < -0.4 is 63.9 Å². The van der Waals surface area contributed by atoms with Crippen molar-refractivity contribution in [2.24, 2.45) is 0 Å². The third-order valence-corrected chi connectivity index (χ3v) is 7.25. The van der Waals surface area contributed by atoms with Crippen LogP contribution in [0.3, 0.4) is 0 Å². The van der Waals surface area contributed by atoms with Crippen LogP contribution in [-0.4, -0.2) is 25.9 Å². The van der Waals surface area contributed by atoms with Crippen LogP contribution in [0.1, 0.15) is 76.7 Å². The molecule has 11 heteroatoms. The summed E-state index contributed by atoms with van der Waals surface area (Å²) in [5, 5.41) is 0. The van der Waals surface area contributed by atoms with Crippen LogP contribution in [0.5, 0.6) is 11.5 Å². The predicted octanol–water partition coefficient (Wildman–Crippen LogP) is -0.241. The quantitative estimate of drug-likeness (QED) is 0.173. The van der Waals surface area contributed by atoms with E-state index in [9.17, 15) is 25.9 Å². The molecule has 2 rings (SSSR count). The molecule has 7 nitrogen and oxygen atoms in total. The van der Waals surface area contributed by atoms with Gasteiger partial charge in [-0.25, -0.2) is 16.8 Å². The molecule has 0 aliphatic rings. The van der Waals surface area contributed by atoms with Crippen molar-refractivity contribution >= 4 is 20.2 Å². The first-order valence-electron chi connectivity index (χ1n) is 11.4. The van der Waals surface area contributed by atoms with Crippen molar-refractivity contribution in [1.82, 2.24) is 0 Å². The number of para-hydroxylation sites is 1. The number of rotatable bonds is 15. The van der Waals surface area contributed by atoms with E-state index in [1.165, 1.54) is 32.1 Å². The standard InChI is InChI=1S/C24H34O7S2.2Na/c1-2-3-4-5-6-7-8-9-10-14-17-22-23(32(25,26)27)18-21(19-24(22)33(28,29)30)31-20-15-12-11-13-16-20;;/h11-13,15-16,18-19H,2-10,14,17H2,1H3,(H,25,26,27)(H,28,29,30);;/q;2*+1/p-2. The second-order valence-electron chi connectivity index (χ2n) is 8.15. The maximum absolute atomic E-state index is 11.9. The first-order valence-corrected chi connectivity index (χ1v) is 14.3. The number of benzene rings is 2. The molecule has 0 saturated carbocycles. The van der Waals surface area contributed by atoms with Gasteiger partial charge in [-0.1, -0.05) is 82.9 Å². The average Bonchev–Trinajstić information content (AvgIpc) is 2.74. The molecule has 0 aliphatic heterocycles. The van der Waals surface area contributed by atoms with Crippen LogP contribution in [0, 0.1) is 0 Å². The molecule has 0 aliphatic carbocycles. The molecule has 2 aromatic carbocycles. The fraction of sp³-hybridized carbons (Fsp3) is 0.500. The molecule has 0 amide bonds. The molecule has 0 unspecified atom stereocenters. The summed E-state index contributed by atoms with van der Waals surface area (Å²) in [6, 6.07) is 10.2. The van der Waals surface area contributed by atoms with Crippen LogP contribution in [-0.2, 0) is 26.7 Å². The largest absolute Gasteiger partial charge is 1.00 e. The maximum atomic E-state index is 11.9. The summed E-state index contributed by atoms with van der Waals surface area (Å²) >= 11 is 0. The van der Waals surface area contributed by atoms with Crippen LogP contribution >= 0.6 is 0 Å². The van der Waals surface area contributed by atoms with Crippen molar-refractivity contribution in [1.29, 1.82) is 0 Å². The average molecular weight is 543 g/mol. The number of hydrogen-bond donors (Lipinski definition) is 0. The van der Waals surface area contributed by atoms with Gasteiger partial charge in [-0.05, 0) is 42.7 Å².